The SMILES string of the molecule is CC(Nc1ncc2ccccc2n1)C1CCOCC1. The lowest BCUT2D eigenvalue weighted by molar-refractivity contribution is 0.0621. The molecule has 0 bridgehead atoms. The first kappa shape index (κ1) is 12.4. The number of nitrogens with one attached hydrogen (secondary N) is 1. The summed E-state index contributed by atoms with van der Waals surface area (Å²) in [5.74, 6) is 1.36. The van der Waals surface area contributed by atoms with E-state index in [1.165, 1.54) is 0 Å². The standard InChI is InChI=1S/C15H19N3O/c1-11(12-6-8-19-9-7-12)17-15-16-10-13-4-2-3-5-14(13)18-15/h2-5,10-12H,6-9H2,1H3,(H,16,17,18). The maximum absolute atomic E-state index is 5.40. The van der Waals surface area contributed by atoms with Crippen LogP contribution in [0.2, 0.25) is 0 Å². The van der Waals surface area contributed by atoms with E-state index in [0.29, 0.717) is 12.0 Å². The molecular formula is C15H19N3O. The van der Waals surface area contributed by atoms with E-state index in [1.807, 2.05) is 30.5 Å². The van der Waals surface area contributed by atoms with E-state index in [1.54, 1.807) is 0 Å². The normalized spacial score (nSPS) is 18.4. The van der Waals surface area contributed by atoms with Crippen molar-refractivity contribution >= 4 is 16.9 Å². The molecule has 2 heterocycles. The largest absolute Gasteiger partial charge is 0.381 e. The summed E-state index contributed by atoms with van der Waals surface area (Å²) in [5.41, 5.74) is 0.985. The van der Waals surface area contributed by atoms with Crippen LogP contribution in [0.4, 0.5) is 5.95 Å². The van der Waals surface area contributed by atoms with Crippen LogP contribution in [-0.4, -0.2) is 29.2 Å². The zero-order valence-corrected chi connectivity index (χ0v) is 11.2. The van der Waals surface area contributed by atoms with Crippen LogP contribution in [0.5, 0.6) is 0 Å². The van der Waals surface area contributed by atoms with Crippen LogP contribution in [0.15, 0.2) is 30.5 Å². The van der Waals surface area contributed by atoms with E-state index in [-0.39, 0.29) is 0 Å². The summed E-state index contributed by atoms with van der Waals surface area (Å²) in [6, 6.07) is 8.43. The van der Waals surface area contributed by atoms with Crippen LogP contribution < -0.4 is 5.32 Å². The number of fused-ring (bicyclic) bond motifs is 1. The lowest BCUT2D eigenvalue weighted by atomic mass is 9.93. The van der Waals surface area contributed by atoms with Crippen LogP contribution in [-0.2, 0) is 4.74 Å². The van der Waals surface area contributed by atoms with E-state index >= 15 is 0 Å². The second-order valence-electron chi connectivity index (χ2n) is 5.14. The van der Waals surface area contributed by atoms with Crippen molar-refractivity contribution in [2.45, 2.75) is 25.8 Å². The Kier molecular flexibility index (Phi) is 3.60. The molecule has 1 aromatic carbocycles. The highest BCUT2D eigenvalue weighted by Crippen LogP contribution is 2.21. The van der Waals surface area contributed by atoms with E-state index in [2.05, 4.69) is 22.2 Å². The number of rotatable bonds is 3. The van der Waals surface area contributed by atoms with Gasteiger partial charge in [-0.25, -0.2) is 9.97 Å². The number of aromatic nitrogens is 2. The van der Waals surface area contributed by atoms with Crippen LogP contribution >= 0.6 is 0 Å². The van der Waals surface area contributed by atoms with Crippen LogP contribution in [0.1, 0.15) is 19.8 Å². The Labute approximate surface area is 113 Å². The molecule has 0 aliphatic carbocycles. The van der Waals surface area contributed by atoms with Gasteiger partial charge in [-0.2, -0.15) is 0 Å². The van der Waals surface area contributed by atoms with Crippen molar-refractivity contribution in [2.24, 2.45) is 5.92 Å². The summed E-state index contributed by atoms with van der Waals surface area (Å²) < 4.78 is 5.40. The van der Waals surface area contributed by atoms with Crippen molar-refractivity contribution in [3.05, 3.63) is 30.5 Å². The van der Waals surface area contributed by atoms with Crippen LogP contribution in [0.3, 0.4) is 0 Å². The van der Waals surface area contributed by atoms with E-state index in [4.69, 9.17) is 4.74 Å². The lowest BCUT2D eigenvalue weighted by Crippen LogP contribution is -2.31. The molecule has 4 nitrogen and oxygen atoms in total. The molecular weight excluding hydrogens is 238 g/mol. The molecule has 1 aromatic heterocycles. The van der Waals surface area contributed by atoms with Crippen molar-refractivity contribution in [3.63, 3.8) is 0 Å². The molecule has 0 spiro atoms. The van der Waals surface area contributed by atoms with Crippen molar-refractivity contribution < 1.29 is 4.74 Å². The number of hydrogen-bond donors (Lipinski definition) is 1. The van der Waals surface area contributed by atoms with Gasteiger partial charge in [-0.05, 0) is 31.7 Å². The quantitative estimate of drug-likeness (QED) is 0.918. The van der Waals surface area contributed by atoms with Crippen LogP contribution in [0.25, 0.3) is 10.9 Å². The second-order valence-corrected chi connectivity index (χ2v) is 5.14. The molecule has 100 valence electrons. The predicted octanol–water partition coefficient (Wildman–Crippen LogP) is 2.86. The molecule has 2 aromatic rings. The van der Waals surface area contributed by atoms with Gasteiger partial charge in [-0.3, -0.25) is 0 Å². The average molecular weight is 257 g/mol. The van der Waals surface area contributed by atoms with Crippen molar-refractivity contribution in [1.82, 2.24) is 9.97 Å². The van der Waals surface area contributed by atoms with Gasteiger partial charge in [0, 0.05) is 30.8 Å². The number of nitrogens with zero attached hydrogens (tertiary/aromatic N) is 2. The summed E-state index contributed by atoms with van der Waals surface area (Å²) in [6.45, 7) is 3.94. The van der Waals surface area contributed by atoms with Crippen LogP contribution in [0, 0.1) is 5.92 Å². The highest BCUT2D eigenvalue weighted by atomic mass is 16.5. The molecule has 0 radical (unpaired) electrons. The molecule has 1 aliphatic heterocycles. The van der Waals surface area contributed by atoms with E-state index < -0.39 is 0 Å². The highest BCUT2D eigenvalue weighted by Gasteiger charge is 2.20. The minimum atomic E-state index is 0.380. The molecule has 0 saturated carbocycles. The number of para-hydroxylation sites is 1. The maximum atomic E-state index is 5.40. The fourth-order valence-electron chi connectivity index (χ4n) is 2.58. The minimum Gasteiger partial charge on any atom is -0.381 e. The first-order chi connectivity index (χ1) is 9.33. The van der Waals surface area contributed by atoms with E-state index in [0.717, 1.165) is 42.9 Å². The third-order valence-electron chi connectivity index (χ3n) is 3.82. The smallest absolute Gasteiger partial charge is 0.223 e. The second kappa shape index (κ2) is 5.53. The molecule has 1 atom stereocenters. The van der Waals surface area contributed by atoms with Crippen molar-refractivity contribution in [1.29, 1.82) is 0 Å². The number of benzene rings is 1. The Morgan fingerprint density at radius 2 is 2.05 bits per heavy atom. The summed E-state index contributed by atoms with van der Waals surface area (Å²) in [4.78, 5) is 8.94. The molecule has 1 saturated heterocycles. The van der Waals surface area contributed by atoms with Gasteiger partial charge in [0.15, 0.2) is 0 Å². The first-order valence-electron chi connectivity index (χ1n) is 6.89. The summed E-state index contributed by atoms with van der Waals surface area (Å²) >= 11 is 0. The first-order valence-corrected chi connectivity index (χ1v) is 6.89. The summed E-state index contributed by atoms with van der Waals surface area (Å²) in [7, 11) is 0. The zero-order valence-electron chi connectivity index (χ0n) is 11.2. The Morgan fingerprint density at radius 3 is 2.89 bits per heavy atom. The predicted molar refractivity (Wildman–Crippen MR) is 76.2 cm³/mol. The maximum Gasteiger partial charge on any atom is 0.223 e. The van der Waals surface area contributed by atoms with Gasteiger partial charge in [0.1, 0.15) is 0 Å². The molecule has 4 heteroatoms. The fourth-order valence-corrected chi connectivity index (χ4v) is 2.58. The molecule has 3 rings (SSSR count). The van der Waals surface area contributed by atoms with Crippen molar-refractivity contribution in [2.75, 3.05) is 18.5 Å². The minimum absolute atomic E-state index is 0.380. The van der Waals surface area contributed by atoms with Gasteiger partial charge in [-0.1, -0.05) is 18.2 Å². The molecule has 1 unspecified atom stereocenters. The molecule has 19 heavy (non-hydrogen) atoms. The van der Waals surface area contributed by atoms with E-state index in [9.17, 15) is 0 Å². The van der Waals surface area contributed by atoms with Gasteiger partial charge in [0.25, 0.3) is 0 Å². The molecule has 1 aliphatic rings. The number of anilines is 1. The topological polar surface area (TPSA) is 47.0 Å². The highest BCUT2D eigenvalue weighted by molar-refractivity contribution is 5.78. The Bertz CT molecular complexity index is 552. The number of ether oxygens (including phenoxy) is 1. The Hall–Kier alpha value is -1.68. The van der Waals surface area contributed by atoms with Gasteiger partial charge < -0.3 is 10.1 Å². The van der Waals surface area contributed by atoms with Gasteiger partial charge in [-0.15, -0.1) is 0 Å². The third kappa shape index (κ3) is 2.84. The van der Waals surface area contributed by atoms with Gasteiger partial charge >= 0.3 is 0 Å². The summed E-state index contributed by atoms with van der Waals surface area (Å²) in [5, 5.41) is 4.50. The fraction of sp³-hybridized carbons (Fsp3) is 0.467. The lowest BCUT2D eigenvalue weighted by Gasteiger charge is -2.28. The third-order valence-corrected chi connectivity index (χ3v) is 3.82. The molecule has 1 N–H and O–H groups in total. The number of hydrogen-bond acceptors (Lipinski definition) is 4. The Balaban J connectivity index is 1.73. The van der Waals surface area contributed by atoms with Crippen molar-refractivity contribution in [3.8, 4) is 0 Å². The average Bonchev–Trinajstić information content (AvgIpc) is 2.48. The monoisotopic (exact) mass is 257 g/mol. The van der Waals surface area contributed by atoms with Gasteiger partial charge in [0.05, 0.1) is 5.52 Å². The Morgan fingerprint density at radius 1 is 1.26 bits per heavy atom. The molecule has 0 amide bonds. The van der Waals surface area contributed by atoms with Gasteiger partial charge in [0.2, 0.25) is 5.95 Å². The molecule has 1 fully saturated rings. The summed E-state index contributed by atoms with van der Waals surface area (Å²) in [6.07, 6.45) is 4.10. The zero-order chi connectivity index (χ0) is 13.1.